The van der Waals surface area contributed by atoms with E-state index in [1.165, 1.54) is 11.1 Å². The number of nitrogens with one attached hydrogen (secondary N) is 1. The smallest absolute Gasteiger partial charge is 0.273 e. The zero-order chi connectivity index (χ0) is 16.2. The van der Waals surface area contributed by atoms with Crippen LogP contribution in [-0.4, -0.2) is 22.4 Å². The number of thiazole rings is 1. The largest absolute Gasteiger partial charge is 0.447 e. The predicted octanol–water partition coefficient (Wildman–Crippen LogP) is 3.77. The van der Waals surface area contributed by atoms with Gasteiger partial charge in [-0.3, -0.25) is 4.79 Å². The highest BCUT2D eigenvalue weighted by atomic mass is 32.1. The zero-order valence-corrected chi connectivity index (χ0v) is 14.0. The molecule has 0 aliphatic heterocycles. The lowest BCUT2D eigenvalue weighted by molar-refractivity contribution is 0.0946. The van der Waals surface area contributed by atoms with E-state index in [9.17, 15) is 4.79 Å². The van der Waals surface area contributed by atoms with E-state index in [1.54, 1.807) is 11.3 Å². The van der Waals surface area contributed by atoms with Crippen molar-refractivity contribution in [1.82, 2.24) is 15.3 Å². The van der Waals surface area contributed by atoms with Crippen molar-refractivity contribution in [2.75, 3.05) is 6.54 Å². The Kier molecular flexibility index (Phi) is 4.71. The summed E-state index contributed by atoms with van der Waals surface area (Å²) in [5.74, 6) is 0.599. The molecule has 1 aromatic carbocycles. The van der Waals surface area contributed by atoms with Crippen molar-refractivity contribution < 1.29 is 9.21 Å². The van der Waals surface area contributed by atoms with E-state index >= 15 is 0 Å². The maximum absolute atomic E-state index is 12.1. The van der Waals surface area contributed by atoms with Gasteiger partial charge in [0.15, 0.2) is 12.1 Å². The predicted molar refractivity (Wildman–Crippen MR) is 90.9 cm³/mol. The second-order valence-electron chi connectivity index (χ2n) is 5.65. The molecule has 3 rings (SSSR count). The number of aromatic nitrogens is 2. The molecule has 0 spiro atoms. The summed E-state index contributed by atoms with van der Waals surface area (Å²) in [5, 5.41) is 4.00. The van der Waals surface area contributed by atoms with Crippen LogP contribution in [0.2, 0.25) is 0 Å². The molecule has 0 radical (unpaired) electrons. The first-order valence-corrected chi connectivity index (χ1v) is 8.53. The SMILES string of the molecule is CC(C)c1ocnc1C(=O)NCCCc1nc2ccccc2s1. The Bertz CT molecular complexity index is 774. The highest BCUT2D eigenvalue weighted by Gasteiger charge is 2.18. The van der Waals surface area contributed by atoms with Crippen LogP contribution in [0.15, 0.2) is 35.1 Å². The summed E-state index contributed by atoms with van der Waals surface area (Å²) in [6.07, 6.45) is 3.03. The number of hydrogen-bond acceptors (Lipinski definition) is 5. The third kappa shape index (κ3) is 3.59. The van der Waals surface area contributed by atoms with Gasteiger partial charge in [0, 0.05) is 18.9 Å². The monoisotopic (exact) mass is 329 g/mol. The lowest BCUT2D eigenvalue weighted by Crippen LogP contribution is -2.26. The van der Waals surface area contributed by atoms with Crippen LogP contribution >= 0.6 is 11.3 Å². The van der Waals surface area contributed by atoms with E-state index in [0.29, 0.717) is 18.0 Å². The molecule has 5 nitrogen and oxygen atoms in total. The summed E-state index contributed by atoms with van der Waals surface area (Å²) in [5.41, 5.74) is 1.43. The van der Waals surface area contributed by atoms with Gasteiger partial charge in [-0.1, -0.05) is 26.0 Å². The van der Waals surface area contributed by atoms with Crippen molar-refractivity contribution in [1.29, 1.82) is 0 Å². The maximum Gasteiger partial charge on any atom is 0.273 e. The van der Waals surface area contributed by atoms with E-state index < -0.39 is 0 Å². The van der Waals surface area contributed by atoms with Crippen LogP contribution in [0.5, 0.6) is 0 Å². The van der Waals surface area contributed by atoms with Crippen LogP contribution in [-0.2, 0) is 6.42 Å². The molecular formula is C17H19N3O2S. The number of carbonyl (C=O) groups excluding carboxylic acids is 1. The molecule has 1 N–H and O–H groups in total. The quantitative estimate of drug-likeness (QED) is 0.699. The van der Waals surface area contributed by atoms with Crippen LogP contribution < -0.4 is 5.32 Å². The van der Waals surface area contributed by atoms with Gasteiger partial charge in [0.1, 0.15) is 5.76 Å². The lowest BCUT2D eigenvalue weighted by atomic mass is 10.1. The molecule has 0 saturated carbocycles. The molecule has 0 bridgehead atoms. The fraction of sp³-hybridized carbons (Fsp3) is 0.353. The topological polar surface area (TPSA) is 68.0 Å². The molecular weight excluding hydrogens is 310 g/mol. The van der Waals surface area contributed by atoms with Crippen molar-refractivity contribution in [3.05, 3.63) is 47.1 Å². The average molecular weight is 329 g/mol. The first kappa shape index (κ1) is 15.7. The second-order valence-corrected chi connectivity index (χ2v) is 6.77. The molecule has 2 heterocycles. The molecule has 0 fully saturated rings. The molecule has 1 amide bonds. The molecule has 2 aromatic heterocycles. The third-order valence-corrected chi connectivity index (χ3v) is 4.62. The number of aryl methyl sites for hydroxylation is 1. The Morgan fingerprint density at radius 3 is 2.96 bits per heavy atom. The number of nitrogens with zero attached hydrogens (tertiary/aromatic N) is 2. The summed E-state index contributed by atoms with van der Waals surface area (Å²) < 4.78 is 6.48. The van der Waals surface area contributed by atoms with Crippen molar-refractivity contribution in [2.45, 2.75) is 32.6 Å². The molecule has 0 atom stereocenters. The Labute approximate surface area is 138 Å². The van der Waals surface area contributed by atoms with Gasteiger partial charge in [0.2, 0.25) is 0 Å². The number of carbonyl (C=O) groups is 1. The fourth-order valence-corrected chi connectivity index (χ4v) is 3.40. The zero-order valence-electron chi connectivity index (χ0n) is 13.2. The van der Waals surface area contributed by atoms with Crippen molar-refractivity contribution >= 4 is 27.5 Å². The van der Waals surface area contributed by atoms with E-state index in [4.69, 9.17) is 4.42 Å². The Hall–Kier alpha value is -2.21. The van der Waals surface area contributed by atoms with Crippen LogP contribution in [0.1, 0.15) is 47.4 Å². The number of hydrogen-bond donors (Lipinski definition) is 1. The molecule has 3 aromatic rings. The van der Waals surface area contributed by atoms with E-state index in [1.807, 2.05) is 32.0 Å². The summed E-state index contributed by atoms with van der Waals surface area (Å²) in [4.78, 5) is 20.7. The third-order valence-electron chi connectivity index (χ3n) is 3.53. The first-order valence-electron chi connectivity index (χ1n) is 7.71. The molecule has 120 valence electrons. The standard InChI is InChI=1S/C17H19N3O2S/c1-11(2)16-15(19-10-22-16)17(21)18-9-5-8-14-20-12-6-3-4-7-13(12)23-14/h3-4,6-7,10-11H,5,8-9H2,1-2H3,(H,18,21). The van der Waals surface area contributed by atoms with Gasteiger partial charge in [-0.05, 0) is 18.6 Å². The van der Waals surface area contributed by atoms with Gasteiger partial charge >= 0.3 is 0 Å². The normalized spacial score (nSPS) is 11.3. The summed E-state index contributed by atoms with van der Waals surface area (Å²) >= 11 is 1.71. The molecule has 0 aliphatic rings. The van der Waals surface area contributed by atoms with Gasteiger partial charge in [0.25, 0.3) is 5.91 Å². The number of fused-ring (bicyclic) bond motifs is 1. The highest BCUT2D eigenvalue weighted by molar-refractivity contribution is 7.18. The fourth-order valence-electron chi connectivity index (χ4n) is 2.39. The number of para-hydroxylation sites is 1. The van der Waals surface area contributed by atoms with E-state index in [-0.39, 0.29) is 11.8 Å². The number of amides is 1. The Morgan fingerprint density at radius 1 is 1.35 bits per heavy atom. The van der Waals surface area contributed by atoms with Crippen LogP contribution in [0.3, 0.4) is 0 Å². The first-order chi connectivity index (χ1) is 11.1. The highest BCUT2D eigenvalue weighted by Crippen LogP contribution is 2.22. The van der Waals surface area contributed by atoms with Gasteiger partial charge in [-0.15, -0.1) is 11.3 Å². The van der Waals surface area contributed by atoms with Crippen LogP contribution in [0.4, 0.5) is 0 Å². The maximum atomic E-state index is 12.1. The minimum Gasteiger partial charge on any atom is -0.447 e. The van der Waals surface area contributed by atoms with Gasteiger partial charge < -0.3 is 9.73 Å². The molecule has 0 aliphatic carbocycles. The van der Waals surface area contributed by atoms with E-state index in [0.717, 1.165) is 23.4 Å². The molecule has 0 saturated heterocycles. The molecule has 0 unspecified atom stereocenters. The van der Waals surface area contributed by atoms with Crippen LogP contribution in [0.25, 0.3) is 10.2 Å². The van der Waals surface area contributed by atoms with Gasteiger partial charge in [-0.25, -0.2) is 9.97 Å². The summed E-state index contributed by atoms with van der Waals surface area (Å²) in [7, 11) is 0. The van der Waals surface area contributed by atoms with Gasteiger partial charge in [-0.2, -0.15) is 0 Å². The molecule has 23 heavy (non-hydrogen) atoms. The van der Waals surface area contributed by atoms with Crippen molar-refractivity contribution in [2.24, 2.45) is 0 Å². The molecule has 6 heteroatoms. The van der Waals surface area contributed by atoms with E-state index in [2.05, 4.69) is 21.4 Å². The number of benzene rings is 1. The van der Waals surface area contributed by atoms with Crippen molar-refractivity contribution in [3.8, 4) is 0 Å². The van der Waals surface area contributed by atoms with Gasteiger partial charge in [0.05, 0.1) is 15.2 Å². The second kappa shape index (κ2) is 6.91. The Balaban J connectivity index is 1.51. The minimum absolute atomic E-state index is 0.140. The number of rotatable bonds is 6. The van der Waals surface area contributed by atoms with Crippen LogP contribution in [0, 0.1) is 0 Å². The lowest BCUT2D eigenvalue weighted by Gasteiger charge is -2.05. The Morgan fingerprint density at radius 2 is 2.17 bits per heavy atom. The van der Waals surface area contributed by atoms with Crippen molar-refractivity contribution in [3.63, 3.8) is 0 Å². The number of oxazole rings is 1. The minimum atomic E-state index is -0.174. The summed E-state index contributed by atoms with van der Waals surface area (Å²) in [6, 6.07) is 8.12. The summed E-state index contributed by atoms with van der Waals surface area (Å²) in [6.45, 7) is 4.55. The average Bonchev–Trinajstić information content (AvgIpc) is 3.17.